The number of rotatable bonds is 2. The SMILES string of the molecule is O=C(N[C@H]1C[C@H]2C(=O)N3CCC[C@H]3C(=O)N2C1)c1ccc(F)cc1. The van der Waals surface area contributed by atoms with E-state index in [4.69, 9.17) is 0 Å². The van der Waals surface area contributed by atoms with Gasteiger partial charge in [-0.25, -0.2) is 4.39 Å². The molecule has 3 amide bonds. The fourth-order valence-corrected chi connectivity index (χ4v) is 3.96. The van der Waals surface area contributed by atoms with E-state index in [1.807, 2.05) is 0 Å². The minimum absolute atomic E-state index is 0.00405. The number of carbonyl (C=O) groups excluding carboxylic acids is 3. The molecule has 1 aromatic rings. The standard InChI is InChI=1S/C17H18FN3O3/c18-11-5-3-10(4-6-11)15(22)19-12-8-14-17(24)20-7-1-2-13(20)16(23)21(14)9-12/h3-6,12-14H,1-2,7-9H2,(H,19,22)/t12-,13-,14-/m0/s1. The number of nitrogens with one attached hydrogen (secondary N) is 1. The van der Waals surface area contributed by atoms with Crippen molar-refractivity contribution in [2.24, 2.45) is 0 Å². The first-order chi connectivity index (χ1) is 11.5. The van der Waals surface area contributed by atoms with Gasteiger partial charge in [0.2, 0.25) is 11.8 Å². The minimum atomic E-state index is -0.467. The molecule has 3 fully saturated rings. The maximum atomic E-state index is 12.9. The van der Waals surface area contributed by atoms with Crippen molar-refractivity contribution in [1.29, 1.82) is 0 Å². The highest BCUT2D eigenvalue weighted by Crippen LogP contribution is 2.32. The van der Waals surface area contributed by atoms with E-state index in [-0.39, 0.29) is 29.8 Å². The molecule has 0 aliphatic carbocycles. The van der Waals surface area contributed by atoms with Crippen LogP contribution in [0.25, 0.3) is 0 Å². The van der Waals surface area contributed by atoms with Gasteiger partial charge >= 0.3 is 0 Å². The summed E-state index contributed by atoms with van der Waals surface area (Å²) < 4.78 is 12.9. The molecule has 3 aliphatic rings. The van der Waals surface area contributed by atoms with Crippen molar-refractivity contribution < 1.29 is 18.8 Å². The van der Waals surface area contributed by atoms with Crippen molar-refractivity contribution in [2.45, 2.75) is 37.4 Å². The first-order valence-corrected chi connectivity index (χ1v) is 8.22. The summed E-state index contributed by atoms with van der Waals surface area (Å²) in [6, 6.07) is 4.24. The third kappa shape index (κ3) is 2.35. The average Bonchev–Trinajstić information content (AvgIpc) is 3.20. The molecule has 3 atom stereocenters. The predicted octanol–water partition coefficient (Wildman–Crippen LogP) is 0.530. The molecular formula is C17H18FN3O3. The van der Waals surface area contributed by atoms with Gasteiger partial charge < -0.3 is 15.1 Å². The Balaban J connectivity index is 1.46. The molecule has 0 unspecified atom stereocenters. The van der Waals surface area contributed by atoms with E-state index in [0.29, 0.717) is 25.1 Å². The molecule has 3 aliphatic heterocycles. The Morgan fingerprint density at radius 3 is 2.54 bits per heavy atom. The van der Waals surface area contributed by atoms with Crippen molar-refractivity contribution >= 4 is 17.7 Å². The number of nitrogens with zero attached hydrogens (tertiary/aromatic N) is 2. The maximum absolute atomic E-state index is 12.9. The second kappa shape index (κ2) is 5.58. The minimum Gasteiger partial charge on any atom is -0.347 e. The lowest BCUT2D eigenvalue weighted by atomic mass is 10.1. The second-order valence-electron chi connectivity index (χ2n) is 6.61. The summed E-state index contributed by atoms with van der Waals surface area (Å²) >= 11 is 0. The summed E-state index contributed by atoms with van der Waals surface area (Å²) in [5.74, 6) is -0.729. The topological polar surface area (TPSA) is 69.7 Å². The van der Waals surface area contributed by atoms with Crippen LogP contribution >= 0.6 is 0 Å². The van der Waals surface area contributed by atoms with Crippen molar-refractivity contribution in [1.82, 2.24) is 15.1 Å². The summed E-state index contributed by atoms with van der Waals surface area (Å²) in [6.45, 7) is 0.999. The number of carbonyl (C=O) groups is 3. The van der Waals surface area contributed by atoms with E-state index in [9.17, 15) is 18.8 Å². The first-order valence-electron chi connectivity index (χ1n) is 8.22. The lowest BCUT2D eigenvalue weighted by Crippen LogP contribution is -2.60. The fraction of sp³-hybridized carbons (Fsp3) is 0.471. The molecule has 3 saturated heterocycles. The van der Waals surface area contributed by atoms with Crippen molar-refractivity contribution in [3.63, 3.8) is 0 Å². The smallest absolute Gasteiger partial charge is 0.251 e. The number of halogens is 1. The highest BCUT2D eigenvalue weighted by atomic mass is 19.1. The molecule has 6 nitrogen and oxygen atoms in total. The van der Waals surface area contributed by atoms with Crippen LogP contribution in [-0.2, 0) is 9.59 Å². The summed E-state index contributed by atoms with van der Waals surface area (Å²) in [5, 5.41) is 2.85. The molecule has 7 heteroatoms. The van der Waals surface area contributed by atoms with Crippen LogP contribution in [0.15, 0.2) is 24.3 Å². The summed E-state index contributed by atoms with van der Waals surface area (Å²) in [6.07, 6.45) is 2.02. The van der Waals surface area contributed by atoms with Gasteiger partial charge in [0.25, 0.3) is 5.91 Å². The van der Waals surface area contributed by atoms with Crippen LogP contribution in [0.4, 0.5) is 4.39 Å². The van der Waals surface area contributed by atoms with Crippen LogP contribution in [0.5, 0.6) is 0 Å². The third-order valence-corrected chi connectivity index (χ3v) is 5.13. The average molecular weight is 331 g/mol. The zero-order valence-corrected chi connectivity index (χ0v) is 13.1. The number of benzene rings is 1. The normalized spacial score (nSPS) is 28.8. The summed E-state index contributed by atoms with van der Waals surface area (Å²) in [7, 11) is 0. The van der Waals surface area contributed by atoms with Crippen LogP contribution in [-0.4, -0.2) is 58.7 Å². The second-order valence-corrected chi connectivity index (χ2v) is 6.61. The Hall–Kier alpha value is -2.44. The van der Waals surface area contributed by atoms with Gasteiger partial charge in [-0.15, -0.1) is 0 Å². The van der Waals surface area contributed by atoms with Gasteiger partial charge in [-0.2, -0.15) is 0 Å². The Morgan fingerprint density at radius 1 is 1.08 bits per heavy atom. The maximum Gasteiger partial charge on any atom is 0.251 e. The van der Waals surface area contributed by atoms with Crippen LogP contribution in [0.2, 0.25) is 0 Å². The van der Waals surface area contributed by atoms with Gasteiger partial charge in [0, 0.05) is 24.7 Å². The van der Waals surface area contributed by atoms with Crippen LogP contribution in [0.3, 0.4) is 0 Å². The van der Waals surface area contributed by atoms with Gasteiger partial charge in [0.05, 0.1) is 0 Å². The Kier molecular flexibility index (Phi) is 3.51. The number of amides is 3. The molecule has 3 heterocycles. The monoisotopic (exact) mass is 331 g/mol. The molecule has 0 aromatic heterocycles. The molecule has 4 rings (SSSR count). The van der Waals surface area contributed by atoms with E-state index < -0.39 is 11.9 Å². The van der Waals surface area contributed by atoms with Crippen LogP contribution in [0, 0.1) is 5.82 Å². The molecule has 0 saturated carbocycles. The number of piperazine rings is 1. The Morgan fingerprint density at radius 2 is 1.79 bits per heavy atom. The van der Waals surface area contributed by atoms with Crippen LogP contribution in [0.1, 0.15) is 29.6 Å². The molecule has 0 bridgehead atoms. The molecule has 1 N–H and O–H groups in total. The van der Waals surface area contributed by atoms with Crippen molar-refractivity contribution in [3.8, 4) is 0 Å². The quantitative estimate of drug-likeness (QED) is 0.859. The highest BCUT2D eigenvalue weighted by molar-refractivity contribution is 5.98. The van der Waals surface area contributed by atoms with E-state index in [1.54, 1.807) is 9.80 Å². The first kappa shape index (κ1) is 15.1. The number of hydrogen-bond donors (Lipinski definition) is 1. The molecule has 24 heavy (non-hydrogen) atoms. The van der Waals surface area contributed by atoms with E-state index in [0.717, 1.165) is 12.8 Å². The summed E-state index contributed by atoms with van der Waals surface area (Å²) in [5.41, 5.74) is 0.361. The van der Waals surface area contributed by atoms with Gasteiger partial charge in [-0.1, -0.05) is 0 Å². The molecule has 1 aromatic carbocycles. The van der Waals surface area contributed by atoms with Gasteiger partial charge in [0.15, 0.2) is 0 Å². The molecule has 126 valence electrons. The van der Waals surface area contributed by atoms with Crippen molar-refractivity contribution in [2.75, 3.05) is 13.1 Å². The largest absolute Gasteiger partial charge is 0.347 e. The predicted molar refractivity (Wildman–Crippen MR) is 82.5 cm³/mol. The third-order valence-electron chi connectivity index (χ3n) is 5.13. The lowest BCUT2D eigenvalue weighted by molar-refractivity contribution is -0.156. The molecular weight excluding hydrogens is 313 g/mol. The summed E-state index contributed by atoms with van der Waals surface area (Å²) in [4.78, 5) is 40.6. The van der Waals surface area contributed by atoms with Crippen LogP contribution < -0.4 is 5.32 Å². The number of hydrogen-bond acceptors (Lipinski definition) is 3. The Bertz CT molecular complexity index is 676. The number of fused-ring (bicyclic) bond motifs is 2. The Labute approximate surface area is 138 Å². The molecule has 0 spiro atoms. The van der Waals surface area contributed by atoms with E-state index in [2.05, 4.69) is 5.32 Å². The zero-order chi connectivity index (χ0) is 16.8. The zero-order valence-electron chi connectivity index (χ0n) is 13.1. The molecule has 0 radical (unpaired) electrons. The van der Waals surface area contributed by atoms with Gasteiger partial charge in [0.1, 0.15) is 17.9 Å². The van der Waals surface area contributed by atoms with Gasteiger partial charge in [-0.05, 0) is 43.5 Å². The van der Waals surface area contributed by atoms with E-state index >= 15 is 0 Å². The fourth-order valence-electron chi connectivity index (χ4n) is 3.96. The van der Waals surface area contributed by atoms with Gasteiger partial charge in [-0.3, -0.25) is 14.4 Å². The lowest BCUT2D eigenvalue weighted by Gasteiger charge is -2.38. The highest BCUT2D eigenvalue weighted by Gasteiger charge is 2.51. The van der Waals surface area contributed by atoms with Crippen molar-refractivity contribution in [3.05, 3.63) is 35.6 Å². The van der Waals surface area contributed by atoms with E-state index in [1.165, 1.54) is 24.3 Å².